The summed E-state index contributed by atoms with van der Waals surface area (Å²) in [6, 6.07) is 32.3. The van der Waals surface area contributed by atoms with Crippen LogP contribution in [0.1, 0.15) is 0 Å². The van der Waals surface area contributed by atoms with E-state index >= 15 is 0 Å². The molecule has 0 fully saturated rings. The van der Waals surface area contributed by atoms with Crippen molar-refractivity contribution < 1.29 is 0 Å². The Morgan fingerprint density at radius 2 is 1.18 bits per heavy atom. The highest BCUT2D eigenvalue weighted by atomic mass is 28.3. The summed E-state index contributed by atoms with van der Waals surface area (Å²) in [6.07, 6.45) is 2.06. The molecule has 0 aliphatic carbocycles. The molecule has 1 heterocycles. The Kier molecular flexibility index (Phi) is 4.97. The Morgan fingerprint density at radius 1 is 0.571 bits per heavy atom. The molecule has 0 atom stereocenters. The molecule has 0 bridgehead atoms. The third kappa shape index (κ3) is 3.83. The minimum Gasteiger partial charge on any atom is -0.256 e. The van der Waals surface area contributed by atoms with Gasteiger partial charge in [0.2, 0.25) is 0 Å². The van der Waals surface area contributed by atoms with Gasteiger partial charge >= 0.3 is 0 Å². The van der Waals surface area contributed by atoms with Crippen LogP contribution in [0, 0.1) is 0 Å². The summed E-state index contributed by atoms with van der Waals surface area (Å²) in [6.45, 7) is 7.06. The molecule has 1 nitrogen and oxygen atoms in total. The van der Waals surface area contributed by atoms with Gasteiger partial charge in [-0.3, -0.25) is 4.98 Å². The predicted octanol–water partition coefficient (Wildman–Crippen LogP) is 6.63. The fraction of sp³-hybridized carbons (Fsp3) is 0.115. The lowest BCUT2D eigenvalue weighted by Gasteiger charge is -2.17. The quantitative estimate of drug-likeness (QED) is 0.363. The van der Waals surface area contributed by atoms with Crippen molar-refractivity contribution in [1.82, 2.24) is 4.98 Å². The van der Waals surface area contributed by atoms with Gasteiger partial charge in [-0.1, -0.05) is 98.5 Å². The molecule has 0 saturated carbocycles. The highest BCUT2D eigenvalue weighted by Gasteiger charge is 2.17. The smallest absolute Gasteiger partial charge is 0.0796 e. The molecule has 4 rings (SSSR count). The number of aromatic nitrogens is 1. The van der Waals surface area contributed by atoms with Crippen LogP contribution in [0.2, 0.25) is 19.6 Å². The van der Waals surface area contributed by atoms with Gasteiger partial charge < -0.3 is 0 Å². The maximum Gasteiger partial charge on any atom is 0.0796 e. The standard InChI is InChI=1S/C26H25NSi/c1-28(2,3)23-15-17-26(27-19-23)22-14-16-24(20-10-6-4-7-11-20)25(18-22)21-12-8-5-9-13-21/h4-19H,1-3H3. The maximum absolute atomic E-state index is 4.79. The molecule has 0 spiro atoms. The molecule has 28 heavy (non-hydrogen) atoms. The average molecular weight is 380 g/mol. The van der Waals surface area contributed by atoms with Crippen molar-refractivity contribution in [1.29, 1.82) is 0 Å². The molecular formula is C26H25NSi. The summed E-state index contributed by atoms with van der Waals surface area (Å²) < 4.78 is 0. The van der Waals surface area contributed by atoms with E-state index in [-0.39, 0.29) is 0 Å². The minimum absolute atomic E-state index is 1.03. The zero-order chi connectivity index (χ0) is 19.6. The zero-order valence-corrected chi connectivity index (χ0v) is 17.7. The second-order valence-corrected chi connectivity index (χ2v) is 13.3. The van der Waals surface area contributed by atoms with Crippen LogP contribution in [0.25, 0.3) is 33.5 Å². The first-order valence-corrected chi connectivity index (χ1v) is 13.2. The van der Waals surface area contributed by atoms with Crippen LogP contribution in [-0.2, 0) is 0 Å². The second-order valence-electron chi connectivity index (χ2n) is 8.17. The van der Waals surface area contributed by atoms with Gasteiger partial charge in [-0.15, -0.1) is 0 Å². The lowest BCUT2D eigenvalue weighted by atomic mass is 9.92. The largest absolute Gasteiger partial charge is 0.256 e. The van der Waals surface area contributed by atoms with Crippen LogP contribution < -0.4 is 5.19 Å². The summed E-state index contributed by atoms with van der Waals surface area (Å²) in [4.78, 5) is 4.79. The van der Waals surface area contributed by atoms with Gasteiger partial charge in [0.25, 0.3) is 0 Å². The predicted molar refractivity (Wildman–Crippen MR) is 124 cm³/mol. The Morgan fingerprint density at radius 3 is 1.71 bits per heavy atom. The van der Waals surface area contributed by atoms with E-state index in [1.54, 1.807) is 0 Å². The number of rotatable bonds is 4. The fourth-order valence-corrected chi connectivity index (χ4v) is 4.47. The number of benzene rings is 3. The minimum atomic E-state index is -1.34. The van der Waals surface area contributed by atoms with Crippen molar-refractivity contribution in [3.8, 4) is 33.5 Å². The van der Waals surface area contributed by atoms with E-state index in [9.17, 15) is 0 Å². The molecule has 0 amide bonds. The normalized spacial score (nSPS) is 11.4. The van der Waals surface area contributed by atoms with E-state index in [2.05, 4.69) is 117 Å². The first-order valence-electron chi connectivity index (χ1n) is 9.74. The van der Waals surface area contributed by atoms with E-state index in [4.69, 9.17) is 4.98 Å². The molecule has 0 N–H and O–H groups in total. The van der Waals surface area contributed by atoms with Crippen LogP contribution in [-0.4, -0.2) is 13.1 Å². The fourth-order valence-electron chi connectivity index (χ4n) is 3.44. The van der Waals surface area contributed by atoms with Gasteiger partial charge in [0.15, 0.2) is 0 Å². The highest BCUT2D eigenvalue weighted by molar-refractivity contribution is 6.88. The highest BCUT2D eigenvalue weighted by Crippen LogP contribution is 2.35. The number of hydrogen-bond donors (Lipinski definition) is 0. The van der Waals surface area contributed by atoms with Crippen molar-refractivity contribution in [2.75, 3.05) is 0 Å². The van der Waals surface area contributed by atoms with Gasteiger partial charge in [-0.2, -0.15) is 0 Å². The van der Waals surface area contributed by atoms with Crippen molar-refractivity contribution >= 4 is 13.3 Å². The molecule has 0 unspecified atom stereocenters. The van der Waals surface area contributed by atoms with E-state index in [1.165, 1.54) is 27.4 Å². The van der Waals surface area contributed by atoms with Crippen LogP contribution in [0.3, 0.4) is 0 Å². The summed E-state index contributed by atoms with van der Waals surface area (Å²) in [5.74, 6) is 0. The molecular weight excluding hydrogens is 354 g/mol. The third-order valence-corrected chi connectivity index (χ3v) is 7.14. The Labute approximate surface area is 168 Å². The Hall–Kier alpha value is -2.97. The van der Waals surface area contributed by atoms with E-state index in [0.29, 0.717) is 0 Å². The Bertz CT molecular complexity index is 1060. The SMILES string of the molecule is C[Si](C)(C)c1ccc(-c2ccc(-c3ccccc3)c(-c3ccccc3)c2)nc1. The summed E-state index contributed by atoms with van der Waals surface area (Å²) in [5, 5.41) is 1.39. The number of pyridine rings is 1. The molecule has 0 saturated heterocycles. The van der Waals surface area contributed by atoms with Gasteiger partial charge in [-0.05, 0) is 39.6 Å². The molecule has 0 radical (unpaired) electrons. The number of hydrogen-bond acceptors (Lipinski definition) is 1. The molecule has 2 heteroatoms. The van der Waals surface area contributed by atoms with Gasteiger partial charge in [0, 0.05) is 11.8 Å². The topological polar surface area (TPSA) is 12.9 Å². The van der Waals surface area contributed by atoms with E-state index < -0.39 is 8.07 Å². The summed E-state index contributed by atoms with van der Waals surface area (Å²) >= 11 is 0. The number of nitrogens with zero attached hydrogens (tertiary/aromatic N) is 1. The first kappa shape index (κ1) is 18.4. The van der Waals surface area contributed by atoms with Crippen LogP contribution in [0.4, 0.5) is 0 Å². The van der Waals surface area contributed by atoms with Crippen LogP contribution in [0.5, 0.6) is 0 Å². The lowest BCUT2D eigenvalue weighted by molar-refractivity contribution is 1.34. The molecule has 0 aliphatic rings. The van der Waals surface area contributed by atoms with E-state index in [1.807, 2.05) is 0 Å². The van der Waals surface area contributed by atoms with Gasteiger partial charge in [0.1, 0.15) is 0 Å². The molecule has 4 aromatic rings. The van der Waals surface area contributed by atoms with Gasteiger partial charge in [0.05, 0.1) is 13.8 Å². The molecule has 0 aliphatic heterocycles. The average Bonchev–Trinajstić information content (AvgIpc) is 2.74. The summed E-state index contributed by atoms with van der Waals surface area (Å²) in [7, 11) is -1.34. The van der Waals surface area contributed by atoms with Crippen molar-refractivity contribution in [3.05, 3.63) is 97.2 Å². The van der Waals surface area contributed by atoms with Gasteiger partial charge in [-0.25, -0.2) is 0 Å². The third-order valence-electron chi connectivity index (χ3n) is 5.11. The second kappa shape index (κ2) is 7.57. The van der Waals surface area contributed by atoms with E-state index in [0.717, 1.165) is 11.3 Å². The maximum atomic E-state index is 4.79. The zero-order valence-electron chi connectivity index (χ0n) is 16.7. The molecule has 1 aromatic heterocycles. The Balaban J connectivity index is 1.83. The monoisotopic (exact) mass is 379 g/mol. The van der Waals surface area contributed by atoms with Crippen LogP contribution >= 0.6 is 0 Å². The summed E-state index contributed by atoms with van der Waals surface area (Å²) in [5.41, 5.74) is 7.12. The van der Waals surface area contributed by atoms with Crippen molar-refractivity contribution in [2.45, 2.75) is 19.6 Å². The van der Waals surface area contributed by atoms with Crippen molar-refractivity contribution in [3.63, 3.8) is 0 Å². The molecule has 138 valence electrons. The lowest BCUT2D eigenvalue weighted by Crippen LogP contribution is -2.37. The first-order chi connectivity index (χ1) is 13.5. The van der Waals surface area contributed by atoms with Crippen molar-refractivity contribution in [2.24, 2.45) is 0 Å². The van der Waals surface area contributed by atoms with Crippen LogP contribution in [0.15, 0.2) is 97.2 Å². The molecule has 3 aromatic carbocycles.